The van der Waals surface area contributed by atoms with Crippen LogP contribution in [0.3, 0.4) is 0 Å². The number of carbonyl (C=O) groups is 1. The molecule has 3 rings (SSSR count). The summed E-state index contributed by atoms with van der Waals surface area (Å²) in [5.74, 6) is -0.942. The van der Waals surface area contributed by atoms with E-state index >= 15 is 0 Å². The van der Waals surface area contributed by atoms with Crippen molar-refractivity contribution < 1.29 is 9.90 Å². The van der Waals surface area contributed by atoms with Crippen LogP contribution in [0, 0.1) is 5.92 Å². The normalized spacial score (nSPS) is 22.3. The molecule has 0 amide bonds. The topological polar surface area (TPSA) is 40.5 Å². The van der Waals surface area contributed by atoms with Crippen LogP contribution in [0.1, 0.15) is 17.0 Å². The van der Waals surface area contributed by atoms with E-state index in [0.29, 0.717) is 6.54 Å². The maximum Gasteiger partial charge on any atom is 0.308 e. The average Bonchev–Trinajstić information content (AvgIpc) is 2.93. The first-order chi connectivity index (χ1) is 10.2. The molecule has 1 heterocycles. The minimum Gasteiger partial charge on any atom is -0.481 e. The van der Waals surface area contributed by atoms with E-state index in [1.807, 2.05) is 48.5 Å². The Labute approximate surface area is 124 Å². The maximum absolute atomic E-state index is 11.6. The van der Waals surface area contributed by atoms with Gasteiger partial charge in [-0.2, -0.15) is 0 Å². The van der Waals surface area contributed by atoms with E-state index in [-0.39, 0.29) is 11.8 Å². The number of hydrogen-bond donors (Lipinski definition) is 1. The Morgan fingerprint density at radius 2 is 1.62 bits per heavy atom. The fraction of sp³-hybridized carbons (Fsp3) is 0.278. The lowest BCUT2D eigenvalue weighted by molar-refractivity contribution is -0.141. The molecule has 1 saturated heterocycles. The smallest absolute Gasteiger partial charge is 0.308 e. The van der Waals surface area contributed by atoms with Gasteiger partial charge in [0.25, 0.3) is 0 Å². The number of rotatable bonds is 4. The summed E-state index contributed by atoms with van der Waals surface area (Å²) in [5.41, 5.74) is 2.36. The lowest BCUT2D eigenvalue weighted by Crippen LogP contribution is -2.23. The van der Waals surface area contributed by atoms with Crippen molar-refractivity contribution in [2.24, 2.45) is 5.92 Å². The Kier molecular flexibility index (Phi) is 4.02. The Morgan fingerprint density at radius 1 is 1.00 bits per heavy atom. The van der Waals surface area contributed by atoms with Crippen molar-refractivity contribution in [3.8, 4) is 0 Å². The fourth-order valence-corrected chi connectivity index (χ4v) is 3.14. The molecule has 0 aromatic heterocycles. The highest BCUT2D eigenvalue weighted by atomic mass is 16.4. The van der Waals surface area contributed by atoms with Crippen LogP contribution in [0.15, 0.2) is 60.7 Å². The van der Waals surface area contributed by atoms with E-state index in [0.717, 1.165) is 18.7 Å². The van der Waals surface area contributed by atoms with E-state index in [9.17, 15) is 9.90 Å². The Hall–Kier alpha value is -2.13. The lowest BCUT2D eigenvalue weighted by atomic mass is 9.89. The molecule has 2 atom stereocenters. The van der Waals surface area contributed by atoms with E-state index in [1.54, 1.807) is 0 Å². The zero-order chi connectivity index (χ0) is 14.7. The van der Waals surface area contributed by atoms with Crippen molar-refractivity contribution in [3.05, 3.63) is 71.8 Å². The molecule has 1 aliphatic rings. The number of aliphatic carboxylic acids is 1. The van der Waals surface area contributed by atoms with Gasteiger partial charge in [0.15, 0.2) is 0 Å². The largest absolute Gasteiger partial charge is 0.481 e. The van der Waals surface area contributed by atoms with Crippen LogP contribution < -0.4 is 0 Å². The van der Waals surface area contributed by atoms with Gasteiger partial charge in [0, 0.05) is 25.6 Å². The van der Waals surface area contributed by atoms with E-state index < -0.39 is 5.97 Å². The van der Waals surface area contributed by atoms with Gasteiger partial charge in [-0.05, 0) is 11.1 Å². The van der Waals surface area contributed by atoms with Gasteiger partial charge < -0.3 is 5.11 Å². The van der Waals surface area contributed by atoms with Gasteiger partial charge in [-0.3, -0.25) is 9.69 Å². The number of carboxylic acids is 1. The molecule has 1 fully saturated rings. The Balaban J connectivity index is 1.77. The van der Waals surface area contributed by atoms with Crippen LogP contribution in [-0.2, 0) is 11.3 Å². The molecule has 0 aliphatic carbocycles. The summed E-state index contributed by atoms with van der Waals surface area (Å²) in [6, 6.07) is 20.2. The molecular formula is C18H19NO2. The molecule has 108 valence electrons. The molecule has 3 nitrogen and oxygen atoms in total. The van der Waals surface area contributed by atoms with Crippen molar-refractivity contribution in [2.45, 2.75) is 12.5 Å². The highest BCUT2D eigenvalue weighted by molar-refractivity contribution is 5.72. The molecule has 0 radical (unpaired) electrons. The number of benzene rings is 2. The van der Waals surface area contributed by atoms with Gasteiger partial charge in [-0.1, -0.05) is 60.7 Å². The van der Waals surface area contributed by atoms with Crippen LogP contribution in [0.5, 0.6) is 0 Å². The second-order valence-corrected chi connectivity index (χ2v) is 5.64. The van der Waals surface area contributed by atoms with Crippen LogP contribution in [0.4, 0.5) is 0 Å². The summed E-state index contributed by atoms with van der Waals surface area (Å²) in [4.78, 5) is 13.8. The van der Waals surface area contributed by atoms with Crippen LogP contribution in [-0.4, -0.2) is 29.1 Å². The molecule has 3 heteroatoms. The third-order valence-electron chi connectivity index (χ3n) is 4.19. The first kappa shape index (κ1) is 13.8. The average molecular weight is 281 g/mol. The molecule has 2 aromatic carbocycles. The molecule has 0 saturated carbocycles. The van der Waals surface area contributed by atoms with E-state index in [4.69, 9.17) is 0 Å². The number of carboxylic acid groups (broad SMARTS) is 1. The first-order valence-corrected chi connectivity index (χ1v) is 7.28. The predicted molar refractivity (Wildman–Crippen MR) is 82.0 cm³/mol. The summed E-state index contributed by atoms with van der Waals surface area (Å²) in [5, 5.41) is 9.50. The summed E-state index contributed by atoms with van der Waals surface area (Å²) in [6.45, 7) is 2.23. The van der Waals surface area contributed by atoms with Crippen LogP contribution >= 0.6 is 0 Å². The molecule has 1 aliphatic heterocycles. The zero-order valence-electron chi connectivity index (χ0n) is 11.9. The number of hydrogen-bond acceptors (Lipinski definition) is 2. The summed E-state index contributed by atoms with van der Waals surface area (Å²) in [7, 11) is 0. The SMILES string of the molecule is O=C(O)[C@@H]1CN(Cc2ccccc2)C[C@H]1c1ccccc1. The minimum absolute atomic E-state index is 0.0763. The highest BCUT2D eigenvalue weighted by Crippen LogP contribution is 2.33. The Morgan fingerprint density at radius 3 is 2.24 bits per heavy atom. The Bertz CT molecular complexity index is 597. The van der Waals surface area contributed by atoms with Crippen molar-refractivity contribution in [1.29, 1.82) is 0 Å². The van der Waals surface area contributed by atoms with Gasteiger partial charge in [0.1, 0.15) is 0 Å². The molecule has 0 unspecified atom stereocenters. The molecule has 21 heavy (non-hydrogen) atoms. The van der Waals surface area contributed by atoms with E-state index in [2.05, 4.69) is 17.0 Å². The standard InChI is InChI=1S/C18H19NO2/c20-18(21)17-13-19(11-14-7-3-1-4-8-14)12-16(17)15-9-5-2-6-10-15/h1-10,16-17H,11-13H2,(H,20,21)/t16-,17+/m0/s1. The van der Waals surface area contributed by atoms with Crippen LogP contribution in [0.2, 0.25) is 0 Å². The third-order valence-corrected chi connectivity index (χ3v) is 4.19. The van der Waals surface area contributed by atoms with E-state index in [1.165, 1.54) is 5.56 Å². The zero-order valence-corrected chi connectivity index (χ0v) is 11.9. The van der Waals surface area contributed by atoms with Crippen molar-refractivity contribution in [2.75, 3.05) is 13.1 Å². The third kappa shape index (κ3) is 3.14. The molecule has 0 bridgehead atoms. The summed E-state index contributed by atoms with van der Waals surface area (Å²) < 4.78 is 0. The van der Waals surface area contributed by atoms with Gasteiger partial charge in [-0.25, -0.2) is 0 Å². The van der Waals surface area contributed by atoms with Crippen molar-refractivity contribution in [1.82, 2.24) is 4.90 Å². The quantitative estimate of drug-likeness (QED) is 0.936. The van der Waals surface area contributed by atoms with Gasteiger partial charge in [0.05, 0.1) is 5.92 Å². The molecule has 2 aromatic rings. The highest BCUT2D eigenvalue weighted by Gasteiger charge is 2.38. The second kappa shape index (κ2) is 6.10. The van der Waals surface area contributed by atoms with Gasteiger partial charge in [0.2, 0.25) is 0 Å². The van der Waals surface area contributed by atoms with Crippen molar-refractivity contribution in [3.63, 3.8) is 0 Å². The molecule has 0 spiro atoms. The van der Waals surface area contributed by atoms with Crippen LogP contribution in [0.25, 0.3) is 0 Å². The maximum atomic E-state index is 11.6. The minimum atomic E-state index is -0.695. The fourth-order valence-electron chi connectivity index (χ4n) is 3.14. The van der Waals surface area contributed by atoms with Gasteiger partial charge >= 0.3 is 5.97 Å². The number of nitrogens with zero attached hydrogens (tertiary/aromatic N) is 1. The number of likely N-dealkylation sites (tertiary alicyclic amines) is 1. The van der Waals surface area contributed by atoms with Crippen molar-refractivity contribution >= 4 is 5.97 Å². The summed E-state index contributed by atoms with van der Waals surface area (Å²) >= 11 is 0. The molecular weight excluding hydrogens is 262 g/mol. The second-order valence-electron chi connectivity index (χ2n) is 5.64. The van der Waals surface area contributed by atoms with Gasteiger partial charge in [-0.15, -0.1) is 0 Å². The predicted octanol–water partition coefficient (Wildman–Crippen LogP) is 2.99. The summed E-state index contributed by atoms with van der Waals surface area (Å²) in [6.07, 6.45) is 0. The first-order valence-electron chi connectivity index (χ1n) is 7.28. The lowest BCUT2D eigenvalue weighted by Gasteiger charge is -2.16. The monoisotopic (exact) mass is 281 g/mol. The molecule has 1 N–H and O–H groups in total.